The van der Waals surface area contributed by atoms with Crippen LogP contribution >= 0.6 is 11.3 Å². The fraction of sp³-hybridized carbons (Fsp3) is 0.529. The van der Waals surface area contributed by atoms with Gasteiger partial charge in [-0.25, -0.2) is 4.98 Å². The summed E-state index contributed by atoms with van der Waals surface area (Å²) in [7, 11) is 7.50. The molecule has 0 unspecified atom stereocenters. The summed E-state index contributed by atoms with van der Waals surface area (Å²) in [6.45, 7) is 4.88. The molecule has 0 atom stereocenters. The van der Waals surface area contributed by atoms with Gasteiger partial charge in [0.1, 0.15) is 10.8 Å². The molecule has 0 saturated heterocycles. The van der Waals surface area contributed by atoms with Crippen LogP contribution in [-0.2, 0) is 6.54 Å². The molecule has 0 spiro atoms. The monoisotopic (exact) mass is 350 g/mol. The summed E-state index contributed by atoms with van der Waals surface area (Å²) in [5, 5.41) is 4.10. The summed E-state index contributed by atoms with van der Waals surface area (Å²) in [5.41, 5.74) is 1.42. The lowest BCUT2D eigenvalue weighted by Gasteiger charge is -2.23. The van der Waals surface area contributed by atoms with Gasteiger partial charge in [0, 0.05) is 32.2 Å². The summed E-state index contributed by atoms with van der Waals surface area (Å²) >= 11 is 1.61. The van der Waals surface area contributed by atoms with Gasteiger partial charge in [-0.15, -0.1) is 11.3 Å². The second-order valence-corrected chi connectivity index (χ2v) is 6.96. The molecule has 0 fully saturated rings. The second-order valence-electron chi connectivity index (χ2n) is 5.85. The van der Waals surface area contributed by atoms with Crippen LogP contribution in [0.2, 0.25) is 0 Å². The lowest BCUT2D eigenvalue weighted by atomic mass is 10.1. The number of rotatable bonds is 8. The van der Waals surface area contributed by atoms with Crippen molar-refractivity contribution in [3.8, 4) is 5.75 Å². The molecule has 7 heteroatoms. The van der Waals surface area contributed by atoms with Crippen molar-refractivity contribution in [2.45, 2.75) is 13.5 Å². The number of methoxy groups -OCH3 is 1. The summed E-state index contributed by atoms with van der Waals surface area (Å²) < 4.78 is 6.50. The molecule has 132 valence electrons. The minimum absolute atomic E-state index is 0.0127. The molecule has 0 saturated carbocycles. The lowest BCUT2D eigenvalue weighted by molar-refractivity contribution is 0.0751. The van der Waals surface area contributed by atoms with Crippen LogP contribution < -0.4 is 10.1 Å². The number of likely N-dealkylation sites (N-methyl/N-ethyl adjacent to an activating group) is 2. The van der Waals surface area contributed by atoms with Crippen LogP contribution in [0.5, 0.6) is 5.75 Å². The first-order valence-electron chi connectivity index (χ1n) is 8.06. The van der Waals surface area contributed by atoms with Gasteiger partial charge in [0.25, 0.3) is 5.91 Å². The average molecular weight is 350 g/mol. The largest absolute Gasteiger partial charge is 0.496 e. The van der Waals surface area contributed by atoms with Gasteiger partial charge in [-0.05, 0) is 34.1 Å². The summed E-state index contributed by atoms with van der Waals surface area (Å²) in [6, 6.07) is 3.77. The van der Waals surface area contributed by atoms with E-state index in [1.54, 1.807) is 18.4 Å². The Hall–Kier alpha value is -1.70. The molecule has 1 aromatic carbocycles. The molecular formula is C17H26N4O2S. The SMILES string of the molecule is CCN(CCN(C)C)C(=O)c1cc2nc(CNC)sc2cc1OC. The quantitative estimate of drug-likeness (QED) is 0.790. The molecule has 1 N–H and O–H groups in total. The predicted molar refractivity (Wildman–Crippen MR) is 99.1 cm³/mol. The smallest absolute Gasteiger partial charge is 0.257 e. The second kappa shape index (κ2) is 8.41. The Morgan fingerprint density at radius 2 is 2.08 bits per heavy atom. The van der Waals surface area contributed by atoms with Crippen molar-refractivity contribution in [1.82, 2.24) is 20.1 Å². The Kier molecular flexibility index (Phi) is 6.53. The van der Waals surface area contributed by atoms with Crippen LogP contribution in [0.15, 0.2) is 12.1 Å². The number of carbonyl (C=O) groups is 1. The molecular weight excluding hydrogens is 324 g/mol. The number of hydrogen-bond acceptors (Lipinski definition) is 6. The molecule has 6 nitrogen and oxygen atoms in total. The molecule has 2 rings (SSSR count). The van der Waals surface area contributed by atoms with E-state index >= 15 is 0 Å². The maximum Gasteiger partial charge on any atom is 0.257 e. The predicted octanol–water partition coefficient (Wildman–Crippen LogP) is 2.05. The van der Waals surface area contributed by atoms with Crippen molar-refractivity contribution in [2.24, 2.45) is 0 Å². The molecule has 0 aliphatic rings. The molecule has 0 aliphatic heterocycles. The van der Waals surface area contributed by atoms with Gasteiger partial charge >= 0.3 is 0 Å². The van der Waals surface area contributed by atoms with Gasteiger partial charge in [0.05, 0.1) is 22.9 Å². The fourth-order valence-electron chi connectivity index (χ4n) is 2.46. The van der Waals surface area contributed by atoms with Crippen molar-refractivity contribution in [2.75, 3.05) is 47.9 Å². The molecule has 2 aromatic rings. The summed E-state index contributed by atoms with van der Waals surface area (Å²) in [4.78, 5) is 21.4. The third-order valence-electron chi connectivity index (χ3n) is 3.80. The van der Waals surface area contributed by atoms with E-state index in [4.69, 9.17) is 4.74 Å². The van der Waals surface area contributed by atoms with Crippen molar-refractivity contribution in [3.63, 3.8) is 0 Å². The normalized spacial score (nSPS) is 11.2. The van der Waals surface area contributed by atoms with E-state index in [0.29, 0.717) is 24.4 Å². The van der Waals surface area contributed by atoms with E-state index in [2.05, 4.69) is 15.2 Å². The number of benzene rings is 1. The van der Waals surface area contributed by atoms with E-state index in [1.165, 1.54) is 0 Å². The van der Waals surface area contributed by atoms with E-state index < -0.39 is 0 Å². The first kappa shape index (κ1) is 18.6. The number of thiazole rings is 1. The Bertz CT molecular complexity index is 699. The van der Waals surface area contributed by atoms with E-state index in [-0.39, 0.29) is 5.91 Å². The van der Waals surface area contributed by atoms with Crippen LogP contribution in [0, 0.1) is 0 Å². The Morgan fingerprint density at radius 3 is 2.67 bits per heavy atom. The number of nitrogens with one attached hydrogen (secondary N) is 1. The molecule has 0 radical (unpaired) electrons. The van der Waals surface area contributed by atoms with Crippen LogP contribution in [0.4, 0.5) is 0 Å². The molecule has 24 heavy (non-hydrogen) atoms. The van der Waals surface area contributed by atoms with E-state index in [9.17, 15) is 4.79 Å². The van der Waals surface area contributed by atoms with Gasteiger partial charge in [-0.3, -0.25) is 4.79 Å². The van der Waals surface area contributed by atoms with Crippen molar-refractivity contribution < 1.29 is 9.53 Å². The number of fused-ring (bicyclic) bond motifs is 1. The van der Waals surface area contributed by atoms with Crippen LogP contribution in [0.3, 0.4) is 0 Å². The van der Waals surface area contributed by atoms with Gasteiger partial charge < -0.3 is 19.9 Å². The first-order chi connectivity index (χ1) is 11.5. The number of amides is 1. The number of ether oxygens (including phenoxy) is 1. The highest BCUT2D eigenvalue weighted by Gasteiger charge is 2.20. The van der Waals surface area contributed by atoms with Gasteiger partial charge in [0.15, 0.2) is 0 Å². The Morgan fingerprint density at radius 1 is 1.33 bits per heavy atom. The van der Waals surface area contributed by atoms with Crippen molar-refractivity contribution >= 4 is 27.5 Å². The molecule has 1 amide bonds. The Balaban J connectivity index is 2.35. The van der Waals surface area contributed by atoms with Gasteiger partial charge in [0.2, 0.25) is 0 Å². The minimum Gasteiger partial charge on any atom is -0.496 e. The molecule has 1 heterocycles. The highest BCUT2D eigenvalue weighted by molar-refractivity contribution is 7.18. The van der Waals surface area contributed by atoms with Gasteiger partial charge in [-0.2, -0.15) is 0 Å². The zero-order chi connectivity index (χ0) is 17.7. The summed E-state index contributed by atoms with van der Waals surface area (Å²) in [6.07, 6.45) is 0. The molecule has 1 aromatic heterocycles. The van der Waals surface area contributed by atoms with E-state index in [0.717, 1.165) is 28.3 Å². The van der Waals surface area contributed by atoms with E-state index in [1.807, 2.05) is 45.1 Å². The number of hydrogen-bond donors (Lipinski definition) is 1. The number of aromatic nitrogens is 1. The lowest BCUT2D eigenvalue weighted by Crippen LogP contribution is -2.36. The maximum atomic E-state index is 12.9. The first-order valence-corrected chi connectivity index (χ1v) is 8.87. The molecule has 0 bridgehead atoms. The number of carbonyl (C=O) groups excluding carboxylic acids is 1. The average Bonchev–Trinajstić information content (AvgIpc) is 2.95. The van der Waals surface area contributed by atoms with Crippen LogP contribution in [0.1, 0.15) is 22.3 Å². The van der Waals surface area contributed by atoms with Crippen molar-refractivity contribution in [1.29, 1.82) is 0 Å². The Labute approximate surface area is 147 Å². The highest BCUT2D eigenvalue weighted by Crippen LogP contribution is 2.30. The summed E-state index contributed by atoms with van der Waals surface area (Å²) in [5.74, 6) is 0.594. The zero-order valence-electron chi connectivity index (χ0n) is 15.0. The third-order valence-corrected chi connectivity index (χ3v) is 4.82. The zero-order valence-corrected chi connectivity index (χ0v) is 15.9. The third kappa shape index (κ3) is 4.23. The molecule has 0 aliphatic carbocycles. The van der Waals surface area contributed by atoms with Gasteiger partial charge in [-0.1, -0.05) is 0 Å². The highest BCUT2D eigenvalue weighted by atomic mass is 32.1. The minimum atomic E-state index is -0.0127. The topological polar surface area (TPSA) is 57.7 Å². The fourth-order valence-corrected chi connectivity index (χ4v) is 3.45. The van der Waals surface area contributed by atoms with Crippen LogP contribution in [0.25, 0.3) is 10.2 Å². The standard InChI is InChI=1S/C17H26N4O2S/c1-6-21(8-7-20(3)4)17(22)12-9-13-15(10-14(12)23-5)24-16(19-13)11-18-2/h9-10,18H,6-8,11H2,1-5H3. The maximum absolute atomic E-state index is 12.9. The van der Waals surface area contributed by atoms with Crippen molar-refractivity contribution in [3.05, 3.63) is 22.7 Å². The van der Waals surface area contributed by atoms with Crippen LogP contribution in [-0.4, -0.2) is 68.6 Å². The number of nitrogens with zero attached hydrogens (tertiary/aromatic N) is 3.